The van der Waals surface area contributed by atoms with Crippen molar-refractivity contribution in [1.82, 2.24) is 5.32 Å². The third-order valence-corrected chi connectivity index (χ3v) is 10.2. The van der Waals surface area contributed by atoms with E-state index in [4.69, 9.17) is 4.74 Å². The molecule has 6 nitrogen and oxygen atoms in total. The molecule has 0 rings (SSSR count). The molecule has 0 radical (unpaired) electrons. The molecule has 3 N–H and O–H groups in total. The zero-order valence-corrected chi connectivity index (χ0v) is 32.9. The van der Waals surface area contributed by atoms with E-state index in [0.717, 1.165) is 57.8 Å². The van der Waals surface area contributed by atoms with Gasteiger partial charge < -0.3 is 20.3 Å². The summed E-state index contributed by atoms with van der Waals surface area (Å²) in [6, 6.07) is -0.557. The number of amides is 1. The number of unbranched alkanes of at least 4 members (excludes halogenated alkanes) is 29. The summed E-state index contributed by atoms with van der Waals surface area (Å²) in [6.45, 7) is 4.87. The highest BCUT2D eigenvalue weighted by atomic mass is 16.5. The number of aliphatic hydroxyl groups is 2. The summed E-state index contributed by atoms with van der Waals surface area (Å²) in [4.78, 5) is 24.3. The lowest BCUT2D eigenvalue weighted by molar-refractivity contribution is -0.143. The molecule has 0 aromatic rings. The maximum atomic E-state index is 12.4. The first-order chi connectivity index (χ1) is 24.0. The molecule has 2 unspecified atom stereocenters. The summed E-state index contributed by atoms with van der Waals surface area (Å²) in [5.41, 5.74) is 0. The number of rotatable bonds is 40. The molecule has 0 aliphatic heterocycles. The van der Waals surface area contributed by atoms with Gasteiger partial charge in [-0.05, 0) is 25.7 Å². The van der Waals surface area contributed by atoms with E-state index in [1.165, 1.54) is 148 Å². The third kappa shape index (κ3) is 36.5. The Labute approximate surface area is 305 Å². The smallest absolute Gasteiger partial charge is 0.305 e. The quantitative estimate of drug-likeness (QED) is 0.0438. The van der Waals surface area contributed by atoms with Crippen molar-refractivity contribution in [1.29, 1.82) is 0 Å². The molecule has 0 bridgehead atoms. The number of hydrogen-bond acceptors (Lipinski definition) is 5. The fourth-order valence-corrected chi connectivity index (χ4v) is 6.75. The van der Waals surface area contributed by atoms with Crippen molar-refractivity contribution in [3.8, 4) is 0 Å². The van der Waals surface area contributed by atoms with Gasteiger partial charge in [-0.25, -0.2) is 0 Å². The molecular weight excluding hydrogens is 610 g/mol. The van der Waals surface area contributed by atoms with Crippen LogP contribution in [-0.2, 0) is 14.3 Å². The second-order valence-corrected chi connectivity index (χ2v) is 15.0. The zero-order valence-electron chi connectivity index (χ0n) is 32.9. The highest BCUT2D eigenvalue weighted by molar-refractivity contribution is 5.76. The molecule has 2 atom stereocenters. The molecule has 1 amide bonds. The predicted octanol–water partition coefficient (Wildman–Crippen LogP) is 12.1. The summed E-state index contributed by atoms with van der Waals surface area (Å²) < 4.78 is 5.43. The van der Waals surface area contributed by atoms with Crippen LogP contribution in [0.5, 0.6) is 0 Å². The summed E-state index contributed by atoms with van der Waals surface area (Å²) in [6.07, 6.45) is 40.5. The zero-order chi connectivity index (χ0) is 35.9. The normalized spacial score (nSPS) is 12.7. The van der Waals surface area contributed by atoms with Gasteiger partial charge in [0, 0.05) is 12.8 Å². The number of aliphatic hydroxyl groups excluding tert-OH is 2. The lowest BCUT2D eigenvalue weighted by Crippen LogP contribution is -2.45. The molecule has 0 spiro atoms. The Kier molecular flexibility index (Phi) is 38.7. The maximum Gasteiger partial charge on any atom is 0.305 e. The Hall–Kier alpha value is -1.14. The second-order valence-electron chi connectivity index (χ2n) is 15.0. The summed E-state index contributed by atoms with van der Waals surface area (Å²) >= 11 is 0. The van der Waals surface area contributed by atoms with Gasteiger partial charge >= 0.3 is 5.97 Å². The van der Waals surface area contributed by atoms with E-state index < -0.39 is 12.1 Å². The van der Waals surface area contributed by atoms with Crippen molar-refractivity contribution in [2.24, 2.45) is 0 Å². The first-order valence-electron chi connectivity index (χ1n) is 21.8. The van der Waals surface area contributed by atoms with E-state index in [-0.39, 0.29) is 18.5 Å². The first-order valence-corrected chi connectivity index (χ1v) is 21.8. The molecule has 292 valence electrons. The third-order valence-electron chi connectivity index (χ3n) is 10.2. The van der Waals surface area contributed by atoms with E-state index in [1.807, 2.05) is 0 Å². The minimum absolute atomic E-state index is 0.0246. The second kappa shape index (κ2) is 39.6. The monoisotopic (exact) mass is 696 g/mol. The Morgan fingerprint density at radius 3 is 1.24 bits per heavy atom. The van der Waals surface area contributed by atoms with Gasteiger partial charge in [0.2, 0.25) is 5.91 Å². The van der Waals surface area contributed by atoms with E-state index >= 15 is 0 Å². The molecule has 49 heavy (non-hydrogen) atoms. The minimum atomic E-state index is -0.677. The molecule has 0 saturated heterocycles. The van der Waals surface area contributed by atoms with Gasteiger partial charge in [-0.1, -0.05) is 200 Å². The average Bonchev–Trinajstić information content (AvgIpc) is 3.10. The maximum absolute atomic E-state index is 12.4. The topological polar surface area (TPSA) is 95.9 Å². The van der Waals surface area contributed by atoms with Crippen LogP contribution in [0.2, 0.25) is 0 Å². The van der Waals surface area contributed by atoms with Gasteiger partial charge in [0.15, 0.2) is 0 Å². The van der Waals surface area contributed by atoms with Crippen LogP contribution in [0.3, 0.4) is 0 Å². The average molecular weight is 696 g/mol. The molecule has 0 heterocycles. The van der Waals surface area contributed by atoms with Crippen molar-refractivity contribution in [3.05, 3.63) is 0 Å². The fraction of sp³-hybridized carbons (Fsp3) is 0.953. The van der Waals surface area contributed by atoms with Crippen LogP contribution in [0.4, 0.5) is 0 Å². The van der Waals surface area contributed by atoms with Crippen molar-refractivity contribution in [2.45, 2.75) is 251 Å². The van der Waals surface area contributed by atoms with Gasteiger partial charge in [0.1, 0.15) is 0 Å². The van der Waals surface area contributed by atoms with Gasteiger partial charge in [-0.15, -0.1) is 0 Å². The van der Waals surface area contributed by atoms with Crippen LogP contribution in [0.15, 0.2) is 0 Å². The van der Waals surface area contributed by atoms with Crippen LogP contribution >= 0.6 is 0 Å². The van der Waals surface area contributed by atoms with E-state index in [0.29, 0.717) is 25.9 Å². The van der Waals surface area contributed by atoms with Gasteiger partial charge in [-0.3, -0.25) is 9.59 Å². The Morgan fingerprint density at radius 1 is 0.490 bits per heavy atom. The van der Waals surface area contributed by atoms with Crippen LogP contribution in [0.25, 0.3) is 0 Å². The number of hydrogen-bond donors (Lipinski definition) is 3. The molecule has 6 heteroatoms. The lowest BCUT2D eigenvalue weighted by atomic mass is 10.0. The highest BCUT2D eigenvalue weighted by Gasteiger charge is 2.20. The molecule has 0 aliphatic rings. The summed E-state index contributed by atoms with van der Waals surface area (Å²) in [5, 5.41) is 23.0. The summed E-state index contributed by atoms with van der Waals surface area (Å²) in [7, 11) is 0. The number of ether oxygens (including phenoxy) is 1. The standard InChI is InChI=1S/C43H85NO5/c1-3-5-7-9-11-13-15-17-21-25-29-33-37-43(48)49-38-34-30-26-22-18-20-24-28-32-36-42(47)44-40(39-45)41(46)35-31-27-23-19-16-14-12-10-8-6-4-2/h40-41,45-46H,3-39H2,1-2H3,(H,44,47). The molecule has 0 aromatic carbocycles. The van der Waals surface area contributed by atoms with Crippen LogP contribution < -0.4 is 5.32 Å². The van der Waals surface area contributed by atoms with E-state index in [1.54, 1.807) is 0 Å². The predicted molar refractivity (Wildman–Crippen MR) is 209 cm³/mol. The van der Waals surface area contributed by atoms with Gasteiger partial charge in [0.05, 0.1) is 25.4 Å². The number of carbonyl (C=O) groups is 2. The SMILES string of the molecule is CCCCCCCCCCCCCCC(=O)OCCCCCCCCCCCC(=O)NC(CO)C(O)CCCCCCCCCCCCC. The Bertz CT molecular complexity index is 687. The molecule has 0 fully saturated rings. The number of nitrogens with one attached hydrogen (secondary N) is 1. The Morgan fingerprint density at radius 2 is 0.837 bits per heavy atom. The molecule has 0 aromatic heterocycles. The number of esters is 1. The fourth-order valence-electron chi connectivity index (χ4n) is 6.75. The minimum Gasteiger partial charge on any atom is -0.466 e. The lowest BCUT2D eigenvalue weighted by Gasteiger charge is -2.22. The largest absolute Gasteiger partial charge is 0.466 e. The number of carbonyl (C=O) groups excluding carboxylic acids is 2. The van der Waals surface area contributed by atoms with Crippen molar-refractivity contribution < 1.29 is 24.5 Å². The van der Waals surface area contributed by atoms with E-state index in [2.05, 4.69) is 19.2 Å². The van der Waals surface area contributed by atoms with Crippen molar-refractivity contribution >= 4 is 11.9 Å². The van der Waals surface area contributed by atoms with Crippen molar-refractivity contribution in [3.63, 3.8) is 0 Å². The van der Waals surface area contributed by atoms with Crippen LogP contribution in [0.1, 0.15) is 239 Å². The van der Waals surface area contributed by atoms with Gasteiger partial charge in [0.25, 0.3) is 0 Å². The van der Waals surface area contributed by atoms with Crippen LogP contribution in [-0.4, -0.2) is 47.4 Å². The summed E-state index contributed by atoms with van der Waals surface area (Å²) in [5.74, 6) is -0.0878. The Balaban J connectivity index is 3.49. The highest BCUT2D eigenvalue weighted by Crippen LogP contribution is 2.15. The van der Waals surface area contributed by atoms with Gasteiger partial charge in [-0.2, -0.15) is 0 Å². The van der Waals surface area contributed by atoms with Crippen LogP contribution in [0, 0.1) is 0 Å². The first kappa shape index (κ1) is 47.9. The van der Waals surface area contributed by atoms with E-state index in [9.17, 15) is 19.8 Å². The molecule has 0 aliphatic carbocycles. The molecule has 0 saturated carbocycles. The van der Waals surface area contributed by atoms with Crippen molar-refractivity contribution in [2.75, 3.05) is 13.2 Å². The molecular formula is C43H85NO5.